The Kier molecular flexibility index (Phi) is 3.85. The van der Waals surface area contributed by atoms with Crippen molar-refractivity contribution in [2.24, 2.45) is 11.8 Å². The normalized spacial score (nSPS) is 29.8. The Morgan fingerprint density at radius 2 is 2.12 bits per heavy atom. The Balaban J connectivity index is 1.93. The standard InChI is InChI=1S/C13H23NO2/c1-3-10(2)11-8-13(15)14(9-11)12-4-6-16-7-5-12/h10-12H,3-9H2,1-2H3. The van der Waals surface area contributed by atoms with Crippen molar-refractivity contribution in [2.45, 2.75) is 45.6 Å². The molecule has 2 atom stereocenters. The molecule has 0 radical (unpaired) electrons. The molecule has 3 heteroatoms. The van der Waals surface area contributed by atoms with Crippen LogP contribution < -0.4 is 0 Å². The van der Waals surface area contributed by atoms with Crippen LogP contribution in [0.25, 0.3) is 0 Å². The number of rotatable bonds is 3. The first-order valence-electron chi connectivity index (χ1n) is 6.59. The van der Waals surface area contributed by atoms with Gasteiger partial charge in [-0.25, -0.2) is 0 Å². The molecule has 2 heterocycles. The fraction of sp³-hybridized carbons (Fsp3) is 0.923. The van der Waals surface area contributed by atoms with E-state index in [0.717, 1.165) is 39.0 Å². The third-order valence-corrected chi connectivity index (χ3v) is 4.27. The molecule has 0 bridgehead atoms. The van der Waals surface area contributed by atoms with Gasteiger partial charge in [-0.15, -0.1) is 0 Å². The van der Waals surface area contributed by atoms with Gasteiger partial charge in [0.15, 0.2) is 0 Å². The second kappa shape index (κ2) is 5.17. The minimum Gasteiger partial charge on any atom is -0.381 e. The Morgan fingerprint density at radius 1 is 1.44 bits per heavy atom. The fourth-order valence-corrected chi connectivity index (χ4v) is 2.82. The molecule has 2 rings (SSSR count). The highest BCUT2D eigenvalue weighted by molar-refractivity contribution is 5.79. The molecule has 0 aromatic rings. The van der Waals surface area contributed by atoms with Crippen molar-refractivity contribution >= 4 is 5.91 Å². The molecule has 2 unspecified atom stereocenters. The Hall–Kier alpha value is -0.570. The lowest BCUT2D eigenvalue weighted by Gasteiger charge is -2.31. The topological polar surface area (TPSA) is 29.5 Å². The summed E-state index contributed by atoms with van der Waals surface area (Å²) in [6.45, 7) is 7.11. The van der Waals surface area contributed by atoms with Crippen LogP contribution in [0.15, 0.2) is 0 Å². The summed E-state index contributed by atoms with van der Waals surface area (Å²) in [6, 6.07) is 0.454. The van der Waals surface area contributed by atoms with Crippen molar-refractivity contribution in [3.8, 4) is 0 Å². The van der Waals surface area contributed by atoms with Gasteiger partial charge in [0.1, 0.15) is 0 Å². The Labute approximate surface area is 98.1 Å². The van der Waals surface area contributed by atoms with E-state index >= 15 is 0 Å². The molecule has 2 aliphatic rings. The number of carbonyl (C=O) groups excluding carboxylic acids is 1. The van der Waals surface area contributed by atoms with Gasteiger partial charge in [0.2, 0.25) is 5.91 Å². The van der Waals surface area contributed by atoms with Crippen LogP contribution in [0.3, 0.4) is 0 Å². The van der Waals surface area contributed by atoms with Crippen molar-refractivity contribution in [3.63, 3.8) is 0 Å². The predicted molar refractivity (Wildman–Crippen MR) is 63.1 cm³/mol. The summed E-state index contributed by atoms with van der Waals surface area (Å²) in [6.07, 6.45) is 4.00. The van der Waals surface area contributed by atoms with Crippen LogP contribution in [0.5, 0.6) is 0 Å². The van der Waals surface area contributed by atoms with Gasteiger partial charge in [-0.3, -0.25) is 4.79 Å². The number of hydrogen-bond donors (Lipinski definition) is 0. The molecule has 0 N–H and O–H groups in total. The smallest absolute Gasteiger partial charge is 0.223 e. The zero-order chi connectivity index (χ0) is 11.5. The predicted octanol–water partition coefficient (Wildman–Crippen LogP) is 2.06. The third kappa shape index (κ3) is 2.40. The Morgan fingerprint density at radius 3 is 2.75 bits per heavy atom. The molecule has 1 amide bonds. The van der Waals surface area contributed by atoms with Crippen molar-refractivity contribution in [2.75, 3.05) is 19.8 Å². The first kappa shape index (κ1) is 11.9. The molecule has 0 aliphatic carbocycles. The fourth-order valence-electron chi connectivity index (χ4n) is 2.82. The molecule has 0 spiro atoms. The lowest BCUT2D eigenvalue weighted by atomic mass is 9.91. The lowest BCUT2D eigenvalue weighted by molar-refractivity contribution is -0.131. The average Bonchev–Trinajstić information content (AvgIpc) is 2.71. The second-order valence-corrected chi connectivity index (χ2v) is 5.24. The third-order valence-electron chi connectivity index (χ3n) is 4.27. The van der Waals surface area contributed by atoms with Gasteiger partial charge in [0.05, 0.1) is 0 Å². The van der Waals surface area contributed by atoms with Crippen LogP contribution in [-0.2, 0) is 9.53 Å². The summed E-state index contributed by atoms with van der Waals surface area (Å²) in [4.78, 5) is 14.1. The van der Waals surface area contributed by atoms with E-state index in [-0.39, 0.29) is 0 Å². The summed E-state index contributed by atoms with van der Waals surface area (Å²) < 4.78 is 5.35. The zero-order valence-corrected chi connectivity index (χ0v) is 10.4. The Bertz CT molecular complexity index is 248. The number of likely N-dealkylation sites (tertiary alicyclic amines) is 1. The quantitative estimate of drug-likeness (QED) is 0.736. The highest BCUT2D eigenvalue weighted by atomic mass is 16.5. The summed E-state index contributed by atoms with van der Waals surface area (Å²) in [5.41, 5.74) is 0. The van der Waals surface area contributed by atoms with Crippen LogP contribution in [0.4, 0.5) is 0 Å². The molecule has 0 aromatic carbocycles. The monoisotopic (exact) mass is 225 g/mol. The summed E-state index contributed by atoms with van der Waals surface area (Å²) in [7, 11) is 0. The number of ether oxygens (including phenoxy) is 1. The van der Waals surface area contributed by atoms with Gasteiger partial charge in [-0.1, -0.05) is 20.3 Å². The zero-order valence-electron chi connectivity index (χ0n) is 10.4. The van der Waals surface area contributed by atoms with Crippen LogP contribution >= 0.6 is 0 Å². The van der Waals surface area contributed by atoms with Gasteiger partial charge in [0.25, 0.3) is 0 Å². The van der Waals surface area contributed by atoms with Gasteiger partial charge in [-0.05, 0) is 24.7 Å². The van der Waals surface area contributed by atoms with Gasteiger partial charge in [-0.2, -0.15) is 0 Å². The van der Waals surface area contributed by atoms with Crippen LogP contribution in [0.2, 0.25) is 0 Å². The maximum Gasteiger partial charge on any atom is 0.223 e. The number of nitrogens with zero attached hydrogens (tertiary/aromatic N) is 1. The lowest BCUT2D eigenvalue weighted by Crippen LogP contribution is -2.40. The van der Waals surface area contributed by atoms with Crippen LogP contribution in [0, 0.1) is 11.8 Å². The second-order valence-electron chi connectivity index (χ2n) is 5.24. The summed E-state index contributed by atoms with van der Waals surface area (Å²) in [5.74, 6) is 1.63. The van der Waals surface area contributed by atoms with Gasteiger partial charge in [0, 0.05) is 32.2 Å². The van der Waals surface area contributed by atoms with E-state index in [1.165, 1.54) is 6.42 Å². The van der Waals surface area contributed by atoms with E-state index in [2.05, 4.69) is 18.7 Å². The minimum atomic E-state index is 0.372. The maximum absolute atomic E-state index is 12.0. The largest absolute Gasteiger partial charge is 0.381 e. The molecule has 2 fully saturated rings. The van der Waals surface area contributed by atoms with E-state index in [4.69, 9.17) is 4.74 Å². The number of carbonyl (C=O) groups is 1. The van der Waals surface area contributed by atoms with E-state index < -0.39 is 0 Å². The van der Waals surface area contributed by atoms with Crippen LogP contribution in [0.1, 0.15) is 39.5 Å². The molecule has 92 valence electrons. The number of hydrogen-bond acceptors (Lipinski definition) is 2. The highest BCUT2D eigenvalue weighted by Crippen LogP contribution is 2.30. The average molecular weight is 225 g/mol. The molecule has 2 saturated heterocycles. The van der Waals surface area contributed by atoms with Crippen molar-refractivity contribution in [1.82, 2.24) is 4.90 Å². The molecule has 3 nitrogen and oxygen atoms in total. The van der Waals surface area contributed by atoms with Crippen LogP contribution in [-0.4, -0.2) is 36.6 Å². The molecule has 0 aromatic heterocycles. The van der Waals surface area contributed by atoms with Crippen molar-refractivity contribution in [3.05, 3.63) is 0 Å². The minimum absolute atomic E-state index is 0.372. The van der Waals surface area contributed by atoms with Gasteiger partial charge >= 0.3 is 0 Å². The molecular weight excluding hydrogens is 202 g/mol. The first-order valence-corrected chi connectivity index (χ1v) is 6.59. The van der Waals surface area contributed by atoms with E-state index in [9.17, 15) is 4.79 Å². The summed E-state index contributed by atoms with van der Waals surface area (Å²) in [5, 5.41) is 0. The summed E-state index contributed by atoms with van der Waals surface area (Å²) >= 11 is 0. The molecular formula is C13H23NO2. The van der Waals surface area contributed by atoms with Crippen molar-refractivity contribution < 1.29 is 9.53 Å². The van der Waals surface area contributed by atoms with E-state index in [1.54, 1.807) is 0 Å². The highest BCUT2D eigenvalue weighted by Gasteiger charge is 2.36. The van der Waals surface area contributed by atoms with Crippen molar-refractivity contribution in [1.29, 1.82) is 0 Å². The SMILES string of the molecule is CCC(C)C1CC(=O)N(C2CCOCC2)C1. The van der Waals surface area contributed by atoms with E-state index in [1.807, 2.05) is 0 Å². The number of amides is 1. The van der Waals surface area contributed by atoms with Gasteiger partial charge < -0.3 is 9.64 Å². The first-order chi connectivity index (χ1) is 7.72. The molecule has 2 aliphatic heterocycles. The maximum atomic E-state index is 12.0. The molecule has 16 heavy (non-hydrogen) atoms. The molecule has 0 saturated carbocycles. The van der Waals surface area contributed by atoms with E-state index in [0.29, 0.717) is 23.8 Å².